The lowest BCUT2D eigenvalue weighted by atomic mass is 9.98. The van der Waals surface area contributed by atoms with Gasteiger partial charge in [-0.15, -0.1) is 0 Å². The van der Waals surface area contributed by atoms with Crippen molar-refractivity contribution in [1.29, 1.82) is 0 Å². The minimum Gasteiger partial charge on any atom is -0.496 e. The first-order chi connectivity index (χ1) is 7.40. The maximum atomic E-state index is 12.4. The number of halogens is 3. The van der Waals surface area contributed by atoms with Crippen molar-refractivity contribution < 1.29 is 22.7 Å². The molecule has 0 N–H and O–H groups in total. The second kappa shape index (κ2) is 4.55. The zero-order valence-electron chi connectivity index (χ0n) is 8.84. The fraction of sp³-hybridized carbons (Fsp3) is 0.364. The molecule has 0 aliphatic rings. The van der Waals surface area contributed by atoms with Crippen molar-refractivity contribution in [3.05, 3.63) is 29.3 Å². The summed E-state index contributed by atoms with van der Waals surface area (Å²) in [4.78, 5) is 10.6. The number of rotatable bonds is 3. The Bertz CT molecular complexity index is 385. The first-order valence-corrected chi connectivity index (χ1v) is 4.60. The molecule has 1 aromatic carbocycles. The van der Waals surface area contributed by atoms with Crippen molar-refractivity contribution in [2.45, 2.75) is 19.0 Å². The summed E-state index contributed by atoms with van der Waals surface area (Å²) in [7, 11) is 1.36. The van der Waals surface area contributed by atoms with E-state index >= 15 is 0 Å². The third-order valence-electron chi connectivity index (χ3n) is 2.37. The van der Waals surface area contributed by atoms with E-state index in [-0.39, 0.29) is 16.9 Å². The molecule has 1 unspecified atom stereocenters. The molecule has 2 nitrogen and oxygen atoms in total. The molecule has 0 aliphatic carbocycles. The Hall–Kier alpha value is -1.52. The van der Waals surface area contributed by atoms with Crippen LogP contribution in [0.25, 0.3) is 0 Å². The largest absolute Gasteiger partial charge is 0.496 e. The van der Waals surface area contributed by atoms with Gasteiger partial charge in [-0.2, -0.15) is 13.2 Å². The van der Waals surface area contributed by atoms with Crippen LogP contribution in [0.1, 0.15) is 28.8 Å². The topological polar surface area (TPSA) is 26.3 Å². The minimum atomic E-state index is -4.31. The maximum Gasteiger partial charge on any atom is 0.395 e. The van der Waals surface area contributed by atoms with Crippen LogP contribution in [0, 0.1) is 0 Å². The van der Waals surface area contributed by atoms with Crippen molar-refractivity contribution in [2.75, 3.05) is 7.11 Å². The fourth-order valence-corrected chi connectivity index (χ4v) is 1.30. The molecule has 0 saturated heterocycles. The number of alkyl halides is 3. The lowest BCUT2D eigenvalue weighted by Gasteiger charge is -2.16. The second-order valence-corrected chi connectivity index (χ2v) is 3.38. The van der Waals surface area contributed by atoms with Gasteiger partial charge in [0.05, 0.1) is 18.6 Å². The van der Waals surface area contributed by atoms with Crippen LogP contribution in [-0.2, 0) is 0 Å². The van der Waals surface area contributed by atoms with Crippen molar-refractivity contribution in [2.24, 2.45) is 0 Å². The highest BCUT2D eigenvalue weighted by atomic mass is 19.4. The quantitative estimate of drug-likeness (QED) is 0.748. The summed E-state index contributed by atoms with van der Waals surface area (Å²) in [5.74, 6) is -1.33. The third kappa shape index (κ3) is 2.53. The van der Waals surface area contributed by atoms with Crippen LogP contribution < -0.4 is 4.74 Å². The van der Waals surface area contributed by atoms with Gasteiger partial charge in [0.15, 0.2) is 6.29 Å². The average Bonchev–Trinajstić information content (AvgIpc) is 2.25. The molecule has 0 radical (unpaired) electrons. The van der Waals surface area contributed by atoms with E-state index in [4.69, 9.17) is 4.74 Å². The second-order valence-electron chi connectivity index (χ2n) is 3.38. The van der Waals surface area contributed by atoms with Crippen molar-refractivity contribution in [1.82, 2.24) is 0 Å². The third-order valence-corrected chi connectivity index (χ3v) is 2.37. The molecule has 0 fully saturated rings. The van der Waals surface area contributed by atoms with Crippen LogP contribution in [-0.4, -0.2) is 19.6 Å². The molecule has 0 bridgehead atoms. The van der Waals surface area contributed by atoms with E-state index in [0.717, 1.165) is 6.92 Å². The van der Waals surface area contributed by atoms with E-state index in [2.05, 4.69) is 0 Å². The summed E-state index contributed by atoms with van der Waals surface area (Å²) in [5.41, 5.74) is 0.173. The predicted octanol–water partition coefficient (Wildman–Crippen LogP) is 3.17. The molecule has 1 aromatic rings. The molecule has 5 heteroatoms. The first-order valence-electron chi connectivity index (χ1n) is 4.60. The molecule has 0 saturated carbocycles. The average molecular weight is 232 g/mol. The van der Waals surface area contributed by atoms with Crippen molar-refractivity contribution in [3.8, 4) is 5.75 Å². The Morgan fingerprint density at radius 3 is 2.44 bits per heavy atom. The van der Waals surface area contributed by atoms with Gasteiger partial charge in [0, 0.05) is 0 Å². The summed E-state index contributed by atoms with van der Waals surface area (Å²) >= 11 is 0. The van der Waals surface area contributed by atoms with Gasteiger partial charge in [0.1, 0.15) is 5.75 Å². The zero-order valence-corrected chi connectivity index (χ0v) is 8.84. The summed E-state index contributed by atoms with van der Waals surface area (Å²) in [5, 5.41) is 0. The first kappa shape index (κ1) is 12.5. The Morgan fingerprint density at radius 2 is 2.00 bits per heavy atom. The van der Waals surface area contributed by atoms with Crippen LogP contribution >= 0.6 is 0 Å². The maximum absolute atomic E-state index is 12.4. The highest BCUT2D eigenvalue weighted by molar-refractivity contribution is 5.79. The summed E-state index contributed by atoms with van der Waals surface area (Å²) in [6, 6.07) is 3.87. The van der Waals surface area contributed by atoms with Gasteiger partial charge in [-0.3, -0.25) is 4.79 Å². The van der Waals surface area contributed by atoms with Crippen molar-refractivity contribution >= 4 is 6.29 Å². The minimum absolute atomic E-state index is 0.0513. The Balaban J connectivity index is 3.13. The lowest BCUT2D eigenvalue weighted by molar-refractivity contribution is -0.146. The zero-order chi connectivity index (χ0) is 12.3. The summed E-state index contributed by atoms with van der Waals surface area (Å²) in [6.07, 6.45) is -3.83. The molecule has 1 rings (SSSR count). The van der Waals surface area contributed by atoms with Gasteiger partial charge >= 0.3 is 6.18 Å². The van der Waals surface area contributed by atoms with E-state index in [1.54, 1.807) is 0 Å². The van der Waals surface area contributed by atoms with Gasteiger partial charge in [0.25, 0.3) is 0 Å². The standard InChI is InChI=1S/C11H11F3O2/c1-7(11(12,13)14)8-3-4-10(16-2)9(5-8)6-15/h3-7H,1-2H3. The fourth-order valence-electron chi connectivity index (χ4n) is 1.30. The Labute approximate surface area is 91.0 Å². The number of methoxy groups -OCH3 is 1. The molecular formula is C11H11F3O2. The van der Waals surface area contributed by atoms with E-state index < -0.39 is 12.1 Å². The predicted molar refractivity (Wildman–Crippen MR) is 52.9 cm³/mol. The van der Waals surface area contributed by atoms with Gasteiger partial charge in [0.2, 0.25) is 0 Å². The molecule has 0 aliphatic heterocycles. The molecule has 0 heterocycles. The van der Waals surface area contributed by atoms with Crippen LogP contribution in [0.3, 0.4) is 0 Å². The Kier molecular flexibility index (Phi) is 3.57. The van der Waals surface area contributed by atoms with E-state index in [0.29, 0.717) is 6.29 Å². The number of aldehydes is 1. The normalized spacial score (nSPS) is 13.3. The van der Waals surface area contributed by atoms with E-state index in [1.165, 1.54) is 25.3 Å². The number of carbonyl (C=O) groups is 1. The number of ether oxygens (including phenoxy) is 1. The highest BCUT2D eigenvalue weighted by Gasteiger charge is 2.37. The number of hydrogen-bond donors (Lipinski definition) is 0. The molecule has 0 amide bonds. The number of benzene rings is 1. The van der Waals surface area contributed by atoms with Crippen LogP contribution in [0.15, 0.2) is 18.2 Å². The SMILES string of the molecule is COc1ccc(C(C)C(F)(F)F)cc1C=O. The molecule has 88 valence electrons. The smallest absolute Gasteiger partial charge is 0.395 e. The van der Waals surface area contributed by atoms with Crippen molar-refractivity contribution in [3.63, 3.8) is 0 Å². The van der Waals surface area contributed by atoms with Crippen LogP contribution in [0.5, 0.6) is 5.75 Å². The molecule has 0 spiro atoms. The lowest BCUT2D eigenvalue weighted by Crippen LogP contribution is -2.17. The molecule has 0 aromatic heterocycles. The van der Waals surface area contributed by atoms with E-state index in [9.17, 15) is 18.0 Å². The van der Waals surface area contributed by atoms with Gasteiger partial charge in [-0.25, -0.2) is 0 Å². The van der Waals surface area contributed by atoms with Gasteiger partial charge in [-0.05, 0) is 24.6 Å². The molecule has 16 heavy (non-hydrogen) atoms. The summed E-state index contributed by atoms with van der Waals surface area (Å²) < 4.78 is 42.1. The van der Waals surface area contributed by atoms with Gasteiger partial charge < -0.3 is 4.74 Å². The monoisotopic (exact) mass is 232 g/mol. The van der Waals surface area contributed by atoms with Crippen LogP contribution in [0.2, 0.25) is 0 Å². The van der Waals surface area contributed by atoms with E-state index in [1.807, 2.05) is 0 Å². The number of hydrogen-bond acceptors (Lipinski definition) is 2. The van der Waals surface area contributed by atoms with Crippen LogP contribution in [0.4, 0.5) is 13.2 Å². The molecule has 1 atom stereocenters. The Morgan fingerprint density at radius 1 is 1.38 bits per heavy atom. The molecular weight excluding hydrogens is 221 g/mol. The van der Waals surface area contributed by atoms with Gasteiger partial charge in [-0.1, -0.05) is 6.07 Å². The highest BCUT2D eigenvalue weighted by Crippen LogP contribution is 2.35. The summed E-state index contributed by atoms with van der Waals surface area (Å²) in [6.45, 7) is 1.05. The number of carbonyl (C=O) groups excluding carboxylic acids is 1.